The van der Waals surface area contributed by atoms with Gasteiger partial charge in [-0.25, -0.2) is 9.97 Å². The minimum atomic E-state index is 0.207. The molecule has 21 heavy (non-hydrogen) atoms. The van der Waals surface area contributed by atoms with Gasteiger partial charge in [0.15, 0.2) is 5.16 Å². The van der Waals surface area contributed by atoms with Crippen LogP contribution in [-0.4, -0.2) is 29.4 Å². The molecule has 1 N–H and O–H groups in total. The second kappa shape index (κ2) is 8.00. The van der Waals surface area contributed by atoms with Gasteiger partial charge in [-0.1, -0.05) is 36.4 Å². The molecule has 0 bridgehead atoms. The highest BCUT2D eigenvalue weighted by molar-refractivity contribution is 7.99. The highest BCUT2D eigenvalue weighted by Crippen LogP contribution is 2.29. The van der Waals surface area contributed by atoms with E-state index in [9.17, 15) is 0 Å². The van der Waals surface area contributed by atoms with Crippen molar-refractivity contribution in [1.29, 1.82) is 0 Å². The van der Waals surface area contributed by atoms with Crippen molar-refractivity contribution in [2.75, 3.05) is 19.4 Å². The number of aryl methyl sites for hydroxylation is 1. The predicted octanol–water partition coefficient (Wildman–Crippen LogP) is 3.24. The molecule has 1 heterocycles. The molecular formula is C16H21N3OS. The second-order valence-corrected chi connectivity index (χ2v) is 5.69. The Balaban J connectivity index is 2.16. The molecule has 0 fully saturated rings. The normalized spacial score (nSPS) is 12.1. The fraction of sp³-hybridized carbons (Fsp3) is 0.375. The van der Waals surface area contributed by atoms with Crippen LogP contribution < -0.4 is 10.1 Å². The average Bonchev–Trinajstić information content (AvgIpc) is 2.52. The molecule has 2 aromatic rings. The third-order valence-corrected chi connectivity index (χ3v) is 4.10. The maximum atomic E-state index is 5.50. The van der Waals surface area contributed by atoms with Crippen LogP contribution >= 0.6 is 11.8 Å². The van der Waals surface area contributed by atoms with Crippen LogP contribution in [0.3, 0.4) is 0 Å². The number of rotatable bonds is 7. The second-order valence-electron chi connectivity index (χ2n) is 4.70. The minimum absolute atomic E-state index is 0.207. The van der Waals surface area contributed by atoms with Gasteiger partial charge < -0.3 is 10.1 Å². The fourth-order valence-electron chi connectivity index (χ4n) is 2.15. The van der Waals surface area contributed by atoms with Crippen molar-refractivity contribution in [2.45, 2.75) is 25.0 Å². The van der Waals surface area contributed by atoms with E-state index in [0.29, 0.717) is 0 Å². The molecule has 1 aromatic heterocycles. The predicted molar refractivity (Wildman–Crippen MR) is 86.9 cm³/mol. The van der Waals surface area contributed by atoms with E-state index in [1.807, 2.05) is 12.1 Å². The smallest absolute Gasteiger partial charge is 0.187 e. The van der Waals surface area contributed by atoms with Crippen LogP contribution in [0, 0.1) is 6.92 Å². The van der Waals surface area contributed by atoms with Gasteiger partial charge in [-0.15, -0.1) is 0 Å². The number of nitrogens with one attached hydrogen (secondary N) is 1. The Hall–Kier alpha value is -1.59. The van der Waals surface area contributed by atoms with Crippen LogP contribution in [0.4, 0.5) is 0 Å². The highest BCUT2D eigenvalue weighted by atomic mass is 32.2. The third kappa shape index (κ3) is 4.44. The van der Waals surface area contributed by atoms with E-state index in [0.717, 1.165) is 23.2 Å². The molecule has 2 rings (SSSR count). The third-order valence-electron chi connectivity index (χ3n) is 3.13. The quantitative estimate of drug-likeness (QED) is 0.628. The molecule has 5 heteroatoms. The topological polar surface area (TPSA) is 47.0 Å². The molecule has 0 aliphatic heterocycles. The molecule has 4 nitrogen and oxygen atoms in total. The summed E-state index contributed by atoms with van der Waals surface area (Å²) in [4.78, 5) is 8.51. The van der Waals surface area contributed by atoms with Gasteiger partial charge in [0, 0.05) is 29.8 Å². The molecule has 112 valence electrons. The van der Waals surface area contributed by atoms with Crippen molar-refractivity contribution < 1.29 is 4.74 Å². The first-order valence-electron chi connectivity index (χ1n) is 7.02. The number of benzene rings is 1. The summed E-state index contributed by atoms with van der Waals surface area (Å²) in [7, 11) is 1.71. The van der Waals surface area contributed by atoms with Gasteiger partial charge in [0.05, 0.1) is 7.11 Å². The number of aromatic nitrogens is 2. The number of nitrogens with zero attached hydrogens (tertiary/aromatic N) is 2. The molecule has 0 aliphatic rings. The lowest BCUT2D eigenvalue weighted by Gasteiger charge is -2.20. The summed E-state index contributed by atoms with van der Waals surface area (Å²) in [6.07, 6.45) is 3.54. The Morgan fingerprint density at radius 3 is 2.71 bits per heavy atom. The zero-order valence-electron chi connectivity index (χ0n) is 12.7. The molecule has 1 atom stereocenters. The van der Waals surface area contributed by atoms with Crippen molar-refractivity contribution in [1.82, 2.24) is 15.3 Å². The summed E-state index contributed by atoms with van der Waals surface area (Å²) in [6, 6.07) is 8.31. The number of methoxy groups -OCH3 is 1. The van der Waals surface area contributed by atoms with Crippen LogP contribution in [0.25, 0.3) is 0 Å². The van der Waals surface area contributed by atoms with Gasteiger partial charge in [-0.2, -0.15) is 0 Å². The number of hydrogen-bond donors (Lipinski definition) is 1. The standard InChI is InChI=1S/C16H21N3OS/c1-4-17-14(11-21-16-18-8-5-9-19-16)13-10-12(2)6-7-15(13)20-3/h5-10,14,17H,4,11H2,1-3H3. The number of ether oxygens (including phenoxy) is 1. The average molecular weight is 303 g/mol. The summed E-state index contributed by atoms with van der Waals surface area (Å²) in [5.74, 6) is 1.78. The Morgan fingerprint density at radius 2 is 2.05 bits per heavy atom. The molecule has 0 saturated carbocycles. The van der Waals surface area contributed by atoms with Gasteiger partial charge in [0.2, 0.25) is 0 Å². The van der Waals surface area contributed by atoms with E-state index >= 15 is 0 Å². The Bertz CT molecular complexity index is 563. The summed E-state index contributed by atoms with van der Waals surface area (Å²) >= 11 is 1.65. The van der Waals surface area contributed by atoms with Gasteiger partial charge >= 0.3 is 0 Å². The Kier molecular flexibility index (Phi) is 6.02. The summed E-state index contributed by atoms with van der Waals surface area (Å²) in [6.45, 7) is 5.11. The molecular weight excluding hydrogens is 282 g/mol. The molecule has 0 spiro atoms. The lowest BCUT2D eigenvalue weighted by atomic mass is 10.0. The minimum Gasteiger partial charge on any atom is -0.496 e. The van der Waals surface area contributed by atoms with Crippen molar-refractivity contribution in [3.8, 4) is 5.75 Å². The van der Waals surface area contributed by atoms with E-state index in [4.69, 9.17) is 4.74 Å². The van der Waals surface area contributed by atoms with Crippen molar-refractivity contribution in [3.05, 3.63) is 47.8 Å². The molecule has 1 aromatic carbocycles. The molecule has 0 aliphatic carbocycles. The van der Waals surface area contributed by atoms with Gasteiger partial charge in [-0.3, -0.25) is 0 Å². The lowest BCUT2D eigenvalue weighted by Crippen LogP contribution is -2.23. The van der Waals surface area contributed by atoms with Crippen molar-refractivity contribution in [3.63, 3.8) is 0 Å². The van der Waals surface area contributed by atoms with Crippen LogP contribution in [0.2, 0.25) is 0 Å². The highest BCUT2D eigenvalue weighted by Gasteiger charge is 2.16. The first-order chi connectivity index (χ1) is 10.2. The molecule has 0 amide bonds. The summed E-state index contributed by atoms with van der Waals surface area (Å²) in [5, 5.41) is 4.31. The van der Waals surface area contributed by atoms with Crippen molar-refractivity contribution in [2.24, 2.45) is 0 Å². The maximum Gasteiger partial charge on any atom is 0.187 e. The number of thioether (sulfide) groups is 1. The molecule has 0 radical (unpaired) electrons. The molecule has 1 unspecified atom stereocenters. The monoisotopic (exact) mass is 303 g/mol. The van der Waals surface area contributed by atoms with E-state index in [1.165, 1.54) is 11.1 Å². The number of hydrogen-bond acceptors (Lipinski definition) is 5. The van der Waals surface area contributed by atoms with Gasteiger partial charge in [0.1, 0.15) is 5.75 Å². The zero-order valence-corrected chi connectivity index (χ0v) is 13.5. The van der Waals surface area contributed by atoms with E-state index in [1.54, 1.807) is 31.3 Å². The van der Waals surface area contributed by atoms with Crippen LogP contribution in [0.5, 0.6) is 5.75 Å². The van der Waals surface area contributed by atoms with E-state index in [2.05, 4.69) is 41.3 Å². The van der Waals surface area contributed by atoms with Gasteiger partial charge in [0.25, 0.3) is 0 Å². The van der Waals surface area contributed by atoms with Crippen molar-refractivity contribution >= 4 is 11.8 Å². The SMILES string of the molecule is CCNC(CSc1ncccn1)c1cc(C)ccc1OC. The van der Waals surface area contributed by atoms with Gasteiger partial charge in [-0.05, 0) is 25.6 Å². The van der Waals surface area contributed by atoms with Crippen LogP contribution in [-0.2, 0) is 0 Å². The zero-order chi connectivity index (χ0) is 15.1. The maximum absolute atomic E-state index is 5.50. The Labute approximate surface area is 130 Å². The first kappa shape index (κ1) is 15.8. The van der Waals surface area contributed by atoms with E-state index < -0.39 is 0 Å². The Morgan fingerprint density at radius 1 is 1.29 bits per heavy atom. The fourth-order valence-corrected chi connectivity index (χ4v) is 3.03. The first-order valence-corrected chi connectivity index (χ1v) is 8.01. The van der Waals surface area contributed by atoms with E-state index in [-0.39, 0.29) is 6.04 Å². The summed E-state index contributed by atoms with van der Waals surface area (Å²) in [5.41, 5.74) is 2.41. The van der Waals surface area contributed by atoms with Crippen LogP contribution in [0.1, 0.15) is 24.1 Å². The molecule has 0 saturated heterocycles. The summed E-state index contributed by atoms with van der Waals surface area (Å²) < 4.78 is 5.50. The largest absolute Gasteiger partial charge is 0.496 e. The lowest BCUT2D eigenvalue weighted by molar-refractivity contribution is 0.403. The van der Waals surface area contributed by atoms with Crippen LogP contribution in [0.15, 0.2) is 41.8 Å².